The number of rotatable bonds is 7. The molecule has 2 N–H and O–H groups in total. The molecule has 2 aromatic carbocycles. The van der Waals surface area contributed by atoms with Crippen LogP contribution in [0.3, 0.4) is 0 Å². The first-order chi connectivity index (χ1) is 13.2. The lowest BCUT2D eigenvalue weighted by Gasteiger charge is -2.17. The Morgan fingerprint density at radius 3 is 2.78 bits per heavy atom. The second kappa shape index (κ2) is 8.36. The van der Waals surface area contributed by atoms with Crippen molar-refractivity contribution in [3.63, 3.8) is 0 Å². The lowest BCUT2D eigenvalue weighted by Crippen LogP contribution is -2.24. The number of methoxy groups -OCH3 is 1. The fourth-order valence-electron chi connectivity index (χ4n) is 3.01. The number of aromatic nitrogens is 1. The lowest BCUT2D eigenvalue weighted by atomic mass is 10.1. The predicted octanol–water partition coefficient (Wildman–Crippen LogP) is 4.47. The summed E-state index contributed by atoms with van der Waals surface area (Å²) in [6.07, 6.45) is 4.11. The van der Waals surface area contributed by atoms with Crippen molar-refractivity contribution in [2.24, 2.45) is 0 Å². The minimum Gasteiger partial charge on any atom is -0.494 e. The van der Waals surface area contributed by atoms with Crippen LogP contribution < -0.4 is 15.4 Å². The number of benzene rings is 2. The van der Waals surface area contributed by atoms with Gasteiger partial charge in [0.1, 0.15) is 11.3 Å². The molecule has 138 valence electrons. The summed E-state index contributed by atoms with van der Waals surface area (Å²) >= 11 is 0. The van der Waals surface area contributed by atoms with Crippen molar-refractivity contribution >= 4 is 28.2 Å². The molecular formula is C22H23N3O2. The Hall–Kier alpha value is -3.34. The van der Waals surface area contributed by atoms with Gasteiger partial charge in [0, 0.05) is 23.8 Å². The van der Waals surface area contributed by atoms with E-state index in [2.05, 4.69) is 35.2 Å². The zero-order valence-electron chi connectivity index (χ0n) is 15.6. The number of aryl methyl sites for hydroxylation is 1. The van der Waals surface area contributed by atoms with E-state index in [4.69, 9.17) is 4.74 Å². The maximum Gasteiger partial charge on any atom is 0.255 e. The van der Waals surface area contributed by atoms with Gasteiger partial charge in [-0.1, -0.05) is 43.3 Å². The van der Waals surface area contributed by atoms with Gasteiger partial charge in [0.25, 0.3) is 5.91 Å². The summed E-state index contributed by atoms with van der Waals surface area (Å²) in [6.45, 7) is 6.14. The third-order valence-electron chi connectivity index (χ3n) is 4.39. The number of ether oxygens (including phenoxy) is 1. The topological polar surface area (TPSA) is 63.2 Å². The Bertz CT molecular complexity index is 982. The summed E-state index contributed by atoms with van der Waals surface area (Å²) in [5, 5.41) is 7.12. The van der Waals surface area contributed by atoms with E-state index < -0.39 is 0 Å². The number of hydrogen-bond donors (Lipinski definition) is 2. The van der Waals surface area contributed by atoms with Crippen LogP contribution in [-0.4, -0.2) is 24.5 Å². The lowest BCUT2D eigenvalue weighted by molar-refractivity contribution is 0.0958. The number of fused-ring (bicyclic) bond motifs is 1. The summed E-state index contributed by atoms with van der Waals surface area (Å²) in [5.41, 5.74) is 4.03. The molecule has 5 heteroatoms. The largest absolute Gasteiger partial charge is 0.494 e. The Labute approximate surface area is 159 Å². The highest BCUT2D eigenvalue weighted by Gasteiger charge is 2.18. The molecular weight excluding hydrogens is 338 g/mol. The van der Waals surface area contributed by atoms with Gasteiger partial charge in [-0.25, -0.2) is 0 Å². The van der Waals surface area contributed by atoms with Gasteiger partial charge in [0.2, 0.25) is 0 Å². The quantitative estimate of drug-likeness (QED) is 0.610. The molecule has 0 unspecified atom stereocenters. The zero-order chi connectivity index (χ0) is 19.2. The van der Waals surface area contributed by atoms with E-state index in [1.807, 2.05) is 36.4 Å². The van der Waals surface area contributed by atoms with E-state index in [0.29, 0.717) is 29.1 Å². The third kappa shape index (κ3) is 3.77. The molecule has 0 aliphatic heterocycles. The number of amides is 1. The van der Waals surface area contributed by atoms with Crippen LogP contribution in [0.25, 0.3) is 10.9 Å². The van der Waals surface area contributed by atoms with Crippen LogP contribution in [0, 0.1) is 0 Å². The van der Waals surface area contributed by atoms with Gasteiger partial charge < -0.3 is 15.4 Å². The second-order valence-corrected chi connectivity index (χ2v) is 6.04. The first-order valence-electron chi connectivity index (χ1n) is 8.89. The molecule has 0 radical (unpaired) electrons. The number of para-hydroxylation sites is 2. The van der Waals surface area contributed by atoms with E-state index in [1.54, 1.807) is 19.4 Å². The fourth-order valence-corrected chi connectivity index (χ4v) is 3.01. The molecule has 3 rings (SSSR count). The molecule has 0 aliphatic rings. The van der Waals surface area contributed by atoms with Crippen molar-refractivity contribution < 1.29 is 9.53 Å². The highest BCUT2D eigenvalue weighted by atomic mass is 16.5. The number of pyridine rings is 1. The molecule has 27 heavy (non-hydrogen) atoms. The number of nitrogens with zero attached hydrogens (tertiary/aromatic N) is 1. The average Bonchev–Trinajstić information content (AvgIpc) is 2.72. The number of anilines is 2. The molecule has 0 aliphatic carbocycles. The first kappa shape index (κ1) is 18.5. The van der Waals surface area contributed by atoms with Crippen molar-refractivity contribution in [2.45, 2.75) is 13.3 Å². The maximum absolute atomic E-state index is 12.7. The van der Waals surface area contributed by atoms with E-state index >= 15 is 0 Å². The molecule has 0 atom stereocenters. The third-order valence-corrected chi connectivity index (χ3v) is 4.39. The average molecular weight is 361 g/mol. The van der Waals surface area contributed by atoms with Crippen LogP contribution in [-0.2, 0) is 6.42 Å². The van der Waals surface area contributed by atoms with Gasteiger partial charge in [0.15, 0.2) is 0 Å². The first-order valence-corrected chi connectivity index (χ1v) is 8.89. The molecule has 0 spiro atoms. The number of carbonyl (C=O) groups excluding carboxylic acids is 1. The van der Waals surface area contributed by atoms with Crippen LogP contribution in [0.2, 0.25) is 0 Å². The Balaban J connectivity index is 2.18. The number of nitrogens with one attached hydrogen (secondary N) is 2. The van der Waals surface area contributed by atoms with Crippen LogP contribution in [0.1, 0.15) is 22.8 Å². The number of carbonyl (C=O) groups is 1. The smallest absolute Gasteiger partial charge is 0.255 e. The van der Waals surface area contributed by atoms with Gasteiger partial charge in [-0.15, -0.1) is 6.58 Å². The van der Waals surface area contributed by atoms with Crippen LogP contribution >= 0.6 is 0 Å². The second-order valence-electron chi connectivity index (χ2n) is 6.04. The molecule has 1 aromatic heterocycles. The van der Waals surface area contributed by atoms with E-state index in [1.165, 1.54) is 5.56 Å². The summed E-state index contributed by atoms with van der Waals surface area (Å²) < 4.78 is 5.44. The summed E-state index contributed by atoms with van der Waals surface area (Å²) in [7, 11) is 1.61. The molecule has 0 bridgehead atoms. The molecule has 0 saturated carbocycles. The molecule has 3 aromatic rings. The SMILES string of the molecule is C=CCNC(=O)c1cnc2c(OC)cccc2c1Nc1ccccc1CC. The highest BCUT2D eigenvalue weighted by Crippen LogP contribution is 2.34. The monoisotopic (exact) mass is 361 g/mol. The summed E-state index contributed by atoms with van der Waals surface area (Å²) in [4.78, 5) is 17.2. The van der Waals surface area contributed by atoms with Crippen molar-refractivity contribution in [2.75, 3.05) is 19.0 Å². The van der Waals surface area contributed by atoms with E-state index in [-0.39, 0.29) is 5.91 Å². The Morgan fingerprint density at radius 2 is 2.04 bits per heavy atom. The predicted molar refractivity (Wildman–Crippen MR) is 110 cm³/mol. The molecule has 1 heterocycles. The van der Waals surface area contributed by atoms with Crippen molar-refractivity contribution in [3.8, 4) is 5.75 Å². The van der Waals surface area contributed by atoms with Crippen LogP contribution in [0.4, 0.5) is 11.4 Å². The molecule has 5 nitrogen and oxygen atoms in total. The maximum atomic E-state index is 12.7. The minimum absolute atomic E-state index is 0.205. The zero-order valence-corrected chi connectivity index (χ0v) is 15.6. The van der Waals surface area contributed by atoms with Crippen molar-refractivity contribution in [1.82, 2.24) is 10.3 Å². The normalized spacial score (nSPS) is 10.4. The van der Waals surface area contributed by atoms with Crippen LogP contribution in [0.15, 0.2) is 61.3 Å². The van der Waals surface area contributed by atoms with Gasteiger partial charge in [-0.05, 0) is 24.1 Å². The number of hydrogen-bond acceptors (Lipinski definition) is 4. The van der Waals surface area contributed by atoms with Crippen LogP contribution in [0.5, 0.6) is 5.75 Å². The van der Waals surface area contributed by atoms with Gasteiger partial charge in [0.05, 0.1) is 18.4 Å². The molecule has 0 fully saturated rings. The summed E-state index contributed by atoms with van der Waals surface area (Å²) in [6, 6.07) is 13.8. The van der Waals surface area contributed by atoms with Crippen molar-refractivity contribution in [1.29, 1.82) is 0 Å². The van der Waals surface area contributed by atoms with Crippen molar-refractivity contribution in [3.05, 3.63) is 72.4 Å². The summed E-state index contributed by atoms with van der Waals surface area (Å²) in [5.74, 6) is 0.459. The highest BCUT2D eigenvalue weighted by molar-refractivity contribution is 6.09. The fraction of sp³-hybridized carbons (Fsp3) is 0.182. The minimum atomic E-state index is -0.205. The molecule has 0 saturated heterocycles. The standard InChI is InChI=1S/C22H23N3O2/c1-4-13-23-22(26)17-14-24-21-16(10-8-12-19(21)27-3)20(17)25-18-11-7-6-9-15(18)5-2/h4,6-12,14H,1,5,13H2,2-3H3,(H,23,26)(H,24,25). The Morgan fingerprint density at radius 1 is 1.22 bits per heavy atom. The van der Waals surface area contributed by atoms with E-state index in [0.717, 1.165) is 17.5 Å². The van der Waals surface area contributed by atoms with Gasteiger partial charge in [-0.2, -0.15) is 0 Å². The molecule has 1 amide bonds. The van der Waals surface area contributed by atoms with E-state index in [9.17, 15) is 4.79 Å². The Kier molecular flexibility index (Phi) is 5.71. The van der Waals surface area contributed by atoms with Gasteiger partial charge in [-0.3, -0.25) is 9.78 Å². The van der Waals surface area contributed by atoms with Gasteiger partial charge >= 0.3 is 0 Å².